The van der Waals surface area contributed by atoms with Crippen LogP contribution in [0.2, 0.25) is 0 Å². The van der Waals surface area contributed by atoms with E-state index in [1.54, 1.807) is 0 Å². The van der Waals surface area contributed by atoms with Crippen molar-refractivity contribution in [2.24, 2.45) is 5.73 Å². The second-order valence-corrected chi connectivity index (χ2v) is 6.03. The van der Waals surface area contributed by atoms with E-state index in [4.69, 9.17) is 10.5 Å². The van der Waals surface area contributed by atoms with Gasteiger partial charge in [0.1, 0.15) is 0 Å². The lowest BCUT2D eigenvalue weighted by molar-refractivity contribution is -0.138. The van der Waals surface area contributed by atoms with Crippen molar-refractivity contribution in [3.63, 3.8) is 0 Å². The SMILES string of the molecule is C[C@H](N)COCc1cc2n(n1)CCN(c1ncc(C(F)(F)F)cn1)C2.Cl. The van der Waals surface area contributed by atoms with E-state index in [-0.39, 0.29) is 24.4 Å². The molecular weight excluding hydrogens is 373 g/mol. The van der Waals surface area contributed by atoms with Gasteiger partial charge >= 0.3 is 6.18 Å². The van der Waals surface area contributed by atoms with E-state index in [9.17, 15) is 13.2 Å². The Morgan fingerprint density at radius 2 is 1.96 bits per heavy atom. The van der Waals surface area contributed by atoms with Crippen molar-refractivity contribution in [2.75, 3.05) is 18.1 Å². The Kier molecular flexibility index (Phi) is 6.43. The molecule has 0 unspecified atom stereocenters. The number of ether oxygens (including phenoxy) is 1. The van der Waals surface area contributed by atoms with Gasteiger partial charge in [-0.2, -0.15) is 18.3 Å². The molecular formula is C15H20ClF3N6O. The van der Waals surface area contributed by atoms with E-state index in [0.29, 0.717) is 32.8 Å². The predicted octanol–water partition coefficient (Wildman–Crippen LogP) is 2.00. The van der Waals surface area contributed by atoms with Gasteiger partial charge in [0.25, 0.3) is 0 Å². The summed E-state index contributed by atoms with van der Waals surface area (Å²) in [6.45, 7) is 4.34. The molecule has 0 saturated carbocycles. The Morgan fingerprint density at radius 3 is 2.58 bits per heavy atom. The minimum atomic E-state index is -4.44. The Labute approximate surface area is 154 Å². The summed E-state index contributed by atoms with van der Waals surface area (Å²) >= 11 is 0. The molecule has 0 spiro atoms. The van der Waals surface area contributed by atoms with Gasteiger partial charge in [0.05, 0.1) is 43.3 Å². The van der Waals surface area contributed by atoms with E-state index in [0.717, 1.165) is 23.8 Å². The number of halogens is 4. The van der Waals surface area contributed by atoms with Gasteiger partial charge in [-0.1, -0.05) is 0 Å². The third-order valence-electron chi connectivity index (χ3n) is 3.73. The van der Waals surface area contributed by atoms with Gasteiger partial charge < -0.3 is 15.4 Å². The van der Waals surface area contributed by atoms with Crippen LogP contribution in [0.3, 0.4) is 0 Å². The zero-order valence-electron chi connectivity index (χ0n) is 14.1. The molecule has 3 heterocycles. The number of rotatable bonds is 5. The average Bonchev–Trinajstić information content (AvgIpc) is 2.95. The summed E-state index contributed by atoms with van der Waals surface area (Å²) in [4.78, 5) is 9.51. The maximum atomic E-state index is 12.6. The summed E-state index contributed by atoms with van der Waals surface area (Å²) in [5, 5.41) is 4.46. The quantitative estimate of drug-likeness (QED) is 0.838. The van der Waals surface area contributed by atoms with E-state index >= 15 is 0 Å². The molecule has 1 aliphatic rings. The second-order valence-electron chi connectivity index (χ2n) is 6.03. The van der Waals surface area contributed by atoms with Crippen LogP contribution < -0.4 is 10.6 Å². The van der Waals surface area contributed by atoms with Crippen LogP contribution in [0.1, 0.15) is 23.9 Å². The molecule has 0 aliphatic carbocycles. The fourth-order valence-corrected chi connectivity index (χ4v) is 2.55. The topological polar surface area (TPSA) is 82.1 Å². The largest absolute Gasteiger partial charge is 0.419 e. The highest BCUT2D eigenvalue weighted by Gasteiger charge is 2.31. The monoisotopic (exact) mass is 392 g/mol. The van der Waals surface area contributed by atoms with Gasteiger partial charge in [-0.3, -0.25) is 4.68 Å². The van der Waals surface area contributed by atoms with Crippen molar-refractivity contribution in [1.82, 2.24) is 19.7 Å². The first-order chi connectivity index (χ1) is 11.8. The highest BCUT2D eigenvalue weighted by atomic mass is 35.5. The van der Waals surface area contributed by atoms with Crippen LogP contribution >= 0.6 is 12.4 Å². The highest BCUT2D eigenvalue weighted by molar-refractivity contribution is 5.85. The predicted molar refractivity (Wildman–Crippen MR) is 90.9 cm³/mol. The lowest BCUT2D eigenvalue weighted by Crippen LogP contribution is -2.35. The van der Waals surface area contributed by atoms with E-state index < -0.39 is 11.7 Å². The fourth-order valence-electron chi connectivity index (χ4n) is 2.55. The molecule has 2 N–H and O–H groups in total. The van der Waals surface area contributed by atoms with Crippen LogP contribution in [-0.2, 0) is 30.6 Å². The summed E-state index contributed by atoms with van der Waals surface area (Å²) in [6, 6.07) is 1.88. The summed E-state index contributed by atoms with van der Waals surface area (Å²) in [7, 11) is 0. The zero-order valence-corrected chi connectivity index (χ0v) is 14.9. The van der Waals surface area contributed by atoms with Gasteiger partial charge in [0.2, 0.25) is 5.95 Å². The maximum absolute atomic E-state index is 12.6. The van der Waals surface area contributed by atoms with Crippen LogP contribution in [-0.4, -0.2) is 38.9 Å². The second kappa shape index (κ2) is 8.19. The number of nitrogens with two attached hydrogens (primary N) is 1. The van der Waals surface area contributed by atoms with Gasteiger partial charge in [-0.05, 0) is 13.0 Å². The lowest BCUT2D eigenvalue weighted by Gasteiger charge is -2.27. The summed E-state index contributed by atoms with van der Waals surface area (Å²) in [5.41, 5.74) is 6.51. The van der Waals surface area contributed by atoms with Crippen molar-refractivity contribution in [3.8, 4) is 0 Å². The molecule has 26 heavy (non-hydrogen) atoms. The maximum Gasteiger partial charge on any atom is 0.419 e. The number of aromatic nitrogens is 4. The zero-order chi connectivity index (χ0) is 18.0. The van der Waals surface area contributed by atoms with Crippen molar-refractivity contribution in [3.05, 3.63) is 35.4 Å². The molecule has 2 aromatic rings. The molecule has 0 amide bonds. The molecule has 0 aromatic carbocycles. The molecule has 0 saturated heterocycles. The minimum Gasteiger partial charge on any atom is -0.373 e. The van der Waals surface area contributed by atoms with Crippen LogP contribution in [0.25, 0.3) is 0 Å². The van der Waals surface area contributed by atoms with E-state index in [1.807, 2.05) is 22.6 Å². The normalized spacial score (nSPS) is 15.3. The van der Waals surface area contributed by atoms with Gasteiger partial charge in [0.15, 0.2) is 0 Å². The molecule has 3 rings (SSSR count). The number of anilines is 1. The first kappa shape index (κ1) is 20.4. The molecule has 0 bridgehead atoms. The Bertz CT molecular complexity index is 719. The van der Waals surface area contributed by atoms with Crippen molar-refractivity contribution >= 4 is 18.4 Å². The molecule has 1 aliphatic heterocycles. The Morgan fingerprint density at radius 1 is 1.27 bits per heavy atom. The third-order valence-corrected chi connectivity index (χ3v) is 3.73. The average molecular weight is 393 g/mol. The minimum absolute atomic E-state index is 0. The number of nitrogens with zero attached hydrogens (tertiary/aromatic N) is 5. The summed E-state index contributed by atoms with van der Waals surface area (Å²) in [5.74, 6) is 0.273. The van der Waals surface area contributed by atoms with Gasteiger partial charge in [-0.15, -0.1) is 12.4 Å². The van der Waals surface area contributed by atoms with Crippen molar-refractivity contribution in [1.29, 1.82) is 0 Å². The molecule has 11 heteroatoms. The lowest BCUT2D eigenvalue weighted by atomic mass is 10.3. The van der Waals surface area contributed by atoms with Crippen LogP contribution in [0.4, 0.5) is 19.1 Å². The molecule has 0 fully saturated rings. The fraction of sp³-hybridized carbons (Fsp3) is 0.533. The number of alkyl halides is 3. The van der Waals surface area contributed by atoms with Crippen LogP contribution in [0, 0.1) is 0 Å². The van der Waals surface area contributed by atoms with Crippen molar-refractivity contribution in [2.45, 2.75) is 38.8 Å². The number of hydrogen-bond acceptors (Lipinski definition) is 6. The van der Waals surface area contributed by atoms with E-state index in [1.165, 1.54) is 0 Å². The number of fused-ring (bicyclic) bond motifs is 1. The number of hydrogen-bond donors (Lipinski definition) is 1. The molecule has 1 atom stereocenters. The van der Waals surface area contributed by atoms with Crippen LogP contribution in [0.15, 0.2) is 18.5 Å². The van der Waals surface area contributed by atoms with Crippen LogP contribution in [0.5, 0.6) is 0 Å². The Hall–Kier alpha value is -1.91. The molecule has 2 aromatic heterocycles. The summed E-state index contributed by atoms with van der Waals surface area (Å²) < 4.78 is 45.1. The first-order valence-corrected chi connectivity index (χ1v) is 7.86. The summed E-state index contributed by atoms with van der Waals surface area (Å²) in [6.07, 6.45) is -2.82. The smallest absolute Gasteiger partial charge is 0.373 e. The van der Waals surface area contributed by atoms with Crippen molar-refractivity contribution < 1.29 is 17.9 Å². The van der Waals surface area contributed by atoms with E-state index in [2.05, 4.69) is 15.1 Å². The highest BCUT2D eigenvalue weighted by Crippen LogP contribution is 2.28. The van der Waals surface area contributed by atoms with Gasteiger partial charge in [-0.25, -0.2) is 9.97 Å². The Balaban J connectivity index is 0.00000243. The van der Waals surface area contributed by atoms with Gasteiger partial charge in [0, 0.05) is 25.0 Å². The first-order valence-electron chi connectivity index (χ1n) is 7.86. The molecule has 7 nitrogen and oxygen atoms in total. The third kappa shape index (κ3) is 4.83. The molecule has 144 valence electrons. The standard InChI is InChI=1S/C15H19F3N6O.ClH/c1-10(19)8-25-9-12-4-13-7-23(2-3-24(13)22-12)14-20-5-11(6-21-14)15(16,17)18;/h4-6,10H,2-3,7-9,19H2,1H3;1H/t10-;/m0./s1. The molecule has 0 radical (unpaired) electrons.